The van der Waals surface area contributed by atoms with Gasteiger partial charge in [0.25, 0.3) is 0 Å². The topological polar surface area (TPSA) is 32.7 Å². The first-order valence-corrected chi connectivity index (χ1v) is 7.57. The van der Waals surface area contributed by atoms with Gasteiger partial charge >= 0.3 is 0 Å². The minimum absolute atomic E-state index is 0.178. The molecule has 0 aromatic heterocycles. The van der Waals surface area contributed by atoms with Crippen LogP contribution in [-0.2, 0) is 11.4 Å². The average Bonchev–Trinajstić information content (AvgIpc) is 2.36. The number of hydrogen-bond acceptors (Lipinski definition) is 3. The second-order valence-electron chi connectivity index (χ2n) is 7.20. The Morgan fingerprint density at radius 2 is 1.71 bits per heavy atom. The fourth-order valence-electron chi connectivity index (χ4n) is 3.45. The highest BCUT2D eigenvalue weighted by Gasteiger charge is 2.46. The molecule has 1 aliphatic rings. The second kappa shape index (κ2) is 5.91. The van der Waals surface area contributed by atoms with Crippen LogP contribution >= 0.6 is 0 Å². The van der Waals surface area contributed by atoms with E-state index < -0.39 is 0 Å². The monoisotopic (exact) mass is 289 g/mol. The first-order chi connectivity index (χ1) is 9.74. The summed E-state index contributed by atoms with van der Waals surface area (Å²) in [4.78, 5) is 6.12. The summed E-state index contributed by atoms with van der Waals surface area (Å²) in [6.45, 7) is 12.8. The van der Waals surface area contributed by atoms with Crippen molar-refractivity contribution >= 4 is 6.08 Å². The van der Waals surface area contributed by atoms with Crippen LogP contribution in [0.5, 0.6) is 0 Å². The third-order valence-electron chi connectivity index (χ3n) is 4.15. The molecule has 2 rings (SSSR count). The summed E-state index contributed by atoms with van der Waals surface area (Å²) in [6.07, 6.45) is 3.03. The molecule has 1 aromatic rings. The van der Waals surface area contributed by atoms with Crippen molar-refractivity contribution in [3.63, 3.8) is 0 Å². The molecule has 0 amide bonds. The van der Waals surface area contributed by atoms with Gasteiger partial charge in [0.2, 0.25) is 0 Å². The lowest BCUT2D eigenvalue weighted by atomic mass is 9.80. The summed E-state index contributed by atoms with van der Waals surface area (Å²) in [5, 5.41) is 12.1. The molecule has 1 aliphatic heterocycles. The number of aliphatic hydroxyl groups excluding tert-OH is 1. The zero-order valence-electron chi connectivity index (χ0n) is 13.6. The fourth-order valence-corrected chi connectivity index (χ4v) is 3.45. The van der Waals surface area contributed by atoms with Crippen LogP contribution in [0.4, 0.5) is 0 Å². The maximum absolute atomic E-state index is 10.0. The zero-order chi connectivity index (χ0) is 15.7. The molecule has 1 fully saturated rings. The lowest BCUT2D eigenvalue weighted by molar-refractivity contribution is -0.298. The molecule has 0 bridgehead atoms. The van der Waals surface area contributed by atoms with Crippen molar-refractivity contribution in [2.45, 2.75) is 64.3 Å². The van der Waals surface area contributed by atoms with E-state index in [9.17, 15) is 5.11 Å². The molecule has 0 aliphatic carbocycles. The van der Waals surface area contributed by atoms with Crippen LogP contribution in [0.3, 0.4) is 0 Å². The Balaban J connectivity index is 2.07. The van der Waals surface area contributed by atoms with Gasteiger partial charge in [0.1, 0.15) is 0 Å². The van der Waals surface area contributed by atoms with Crippen molar-refractivity contribution in [3.8, 4) is 0 Å². The Labute approximate surface area is 128 Å². The molecule has 1 heterocycles. The Morgan fingerprint density at radius 1 is 1.19 bits per heavy atom. The molecular weight excluding hydrogens is 262 g/mol. The highest BCUT2D eigenvalue weighted by atomic mass is 16.7. The molecule has 0 radical (unpaired) electrons. The van der Waals surface area contributed by atoms with Gasteiger partial charge in [0, 0.05) is 11.1 Å². The Morgan fingerprint density at radius 3 is 2.19 bits per heavy atom. The van der Waals surface area contributed by atoms with E-state index in [1.807, 2.05) is 18.2 Å². The normalized spacial score (nSPS) is 22.1. The van der Waals surface area contributed by atoms with Crippen LogP contribution in [0, 0.1) is 0 Å². The van der Waals surface area contributed by atoms with Gasteiger partial charge in [-0.05, 0) is 51.7 Å². The summed E-state index contributed by atoms with van der Waals surface area (Å²) in [6, 6.07) is 8.22. The van der Waals surface area contributed by atoms with Gasteiger partial charge < -0.3 is 5.11 Å². The number of hydrogen-bond donors (Lipinski definition) is 1. The molecule has 0 spiro atoms. The highest BCUT2D eigenvalue weighted by molar-refractivity contribution is 5.47. The summed E-state index contributed by atoms with van der Waals surface area (Å²) < 4.78 is 0. The zero-order valence-corrected chi connectivity index (χ0v) is 13.6. The van der Waals surface area contributed by atoms with Crippen molar-refractivity contribution in [2.75, 3.05) is 0 Å². The first kappa shape index (κ1) is 16.2. The Kier molecular flexibility index (Phi) is 4.57. The van der Waals surface area contributed by atoms with Crippen molar-refractivity contribution in [3.05, 3.63) is 42.0 Å². The average molecular weight is 289 g/mol. The van der Waals surface area contributed by atoms with E-state index in [0.29, 0.717) is 6.61 Å². The molecule has 0 saturated carbocycles. The second-order valence-corrected chi connectivity index (χ2v) is 7.20. The van der Waals surface area contributed by atoms with Gasteiger partial charge in [0.05, 0.1) is 12.7 Å². The maximum atomic E-state index is 10.0. The summed E-state index contributed by atoms with van der Waals surface area (Å²) in [5.41, 5.74) is 1.89. The largest absolute Gasteiger partial charge is 0.393 e. The van der Waals surface area contributed by atoms with Crippen LogP contribution in [0.2, 0.25) is 0 Å². The third kappa shape index (κ3) is 3.73. The minimum atomic E-state index is -0.262. The number of benzene rings is 1. The number of aliphatic hydroxyl groups is 1. The predicted molar refractivity (Wildman–Crippen MR) is 86.6 cm³/mol. The SMILES string of the molecule is C=Cc1ccc(CON2C(C)(C)CC(O)CC2(C)C)cc1. The number of hydroxylamine groups is 2. The summed E-state index contributed by atoms with van der Waals surface area (Å²) in [5.74, 6) is 0. The van der Waals surface area contributed by atoms with Gasteiger partial charge in [-0.2, -0.15) is 5.06 Å². The summed E-state index contributed by atoms with van der Waals surface area (Å²) in [7, 11) is 0. The molecule has 0 unspecified atom stereocenters. The quantitative estimate of drug-likeness (QED) is 0.915. The summed E-state index contributed by atoms with van der Waals surface area (Å²) >= 11 is 0. The smallest absolute Gasteiger partial charge is 0.0936 e. The lowest BCUT2D eigenvalue weighted by Crippen LogP contribution is -2.61. The molecule has 3 heteroatoms. The lowest BCUT2D eigenvalue weighted by Gasteiger charge is -2.52. The van der Waals surface area contributed by atoms with E-state index in [1.54, 1.807) is 0 Å². The van der Waals surface area contributed by atoms with Gasteiger partial charge in [-0.3, -0.25) is 4.84 Å². The molecule has 0 atom stereocenters. The standard InChI is InChI=1S/C18H27NO2/c1-6-14-7-9-15(10-8-14)13-21-19-17(2,3)11-16(20)12-18(19,4)5/h6-10,16,20H,1,11-13H2,2-5H3. The van der Waals surface area contributed by atoms with E-state index in [2.05, 4.69) is 51.5 Å². The van der Waals surface area contributed by atoms with Gasteiger partial charge in [-0.15, -0.1) is 0 Å². The van der Waals surface area contributed by atoms with Crippen molar-refractivity contribution in [2.24, 2.45) is 0 Å². The number of rotatable bonds is 4. The van der Waals surface area contributed by atoms with Crippen molar-refractivity contribution in [1.82, 2.24) is 5.06 Å². The first-order valence-electron chi connectivity index (χ1n) is 7.57. The number of piperidine rings is 1. The molecule has 1 aromatic carbocycles. The van der Waals surface area contributed by atoms with Crippen LogP contribution in [0.15, 0.2) is 30.8 Å². The minimum Gasteiger partial charge on any atom is -0.393 e. The fraction of sp³-hybridized carbons (Fsp3) is 0.556. The van der Waals surface area contributed by atoms with Gasteiger partial charge in [-0.1, -0.05) is 36.9 Å². The predicted octanol–water partition coefficient (Wildman–Crippen LogP) is 3.78. The Hall–Kier alpha value is -1.16. The maximum Gasteiger partial charge on any atom is 0.0936 e. The van der Waals surface area contributed by atoms with Crippen LogP contribution in [0.1, 0.15) is 51.7 Å². The van der Waals surface area contributed by atoms with Crippen LogP contribution < -0.4 is 0 Å². The van der Waals surface area contributed by atoms with Crippen LogP contribution in [-0.4, -0.2) is 27.4 Å². The van der Waals surface area contributed by atoms with E-state index in [-0.39, 0.29) is 17.2 Å². The van der Waals surface area contributed by atoms with E-state index >= 15 is 0 Å². The van der Waals surface area contributed by atoms with Crippen LogP contribution in [0.25, 0.3) is 6.08 Å². The molecular formula is C18H27NO2. The third-order valence-corrected chi connectivity index (χ3v) is 4.15. The van der Waals surface area contributed by atoms with Gasteiger partial charge in [-0.25, -0.2) is 0 Å². The van der Waals surface area contributed by atoms with E-state index in [0.717, 1.165) is 24.0 Å². The number of nitrogens with zero attached hydrogens (tertiary/aromatic N) is 1. The van der Waals surface area contributed by atoms with E-state index in [1.165, 1.54) is 0 Å². The Bertz CT molecular complexity index is 472. The molecule has 1 saturated heterocycles. The van der Waals surface area contributed by atoms with Crippen molar-refractivity contribution < 1.29 is 9.94 Å². The van der Waals surface area contributed by atoms with Crippen molar-refractivity contribution in [1.29, 1.82) is 0 Å². The van der Waals surface area contributed by atoms with Gasteiger partial charge in [0.15, 0.2) is 0 Å². The highest BCUT2D eigenvalue weighted by Crippen LogP contribution is 2.38. The molecule has 21 heavy (non-hydrogen) atoms. The molecule has 116 valence electrons. The molecule has 3 nitrogen and oxygen atoms in total. The molecule has 1 N–H and O–H groups in total. The van der Waals surface area contributed by atoms with E-state index in [4.69, 9.17) is 4.84 Å².